The molecule has 3 amide bonds. The fourth-order valence-electron chi connectivity index (χ4n) is 3.60. The fraction of sp³-hybridized carbons (Fsp3) is 0.379. The van der Waals surface area contributed by atoms with Gasteiger partial charge in [0.2, 0.25) is 5.91 Å². The van der Waals surface area contributed by atoms with E-state index in [0.717, 1.165) is 23.2 Å². The Morgan fingerprint density at radius 3 is 2.31 bits per heavy atom. The molecule has 1 atom stereocenters. The largest absolute Gasteiger partial charge is 0.445 e. The third kappa shape index (κ3) is 11.2. The summed E-state index contributed by atoms with van der Waals surface area (Å²) in [6, 6.07) is 18.2. The number of hydrogen-bond acceptors (Lipinski definition) is 7. The second-order valence-electron chi connectivity index (χ2n) is 9.93. The second-order valence-corrected chi connectivity index (χ2v) is 10.8. The van der Waals surface area contributed by atoms with E-state index in [4.69, 9.17) is 9.47 Å². The third-order valence-electron chi connectivity index (χ3n) is 5.46. The summed E-state index contributed by atoms with van der Waals surface area (Å²) < 4.78 is 10.6. The minimum atomic E-state index is -0.809. The first kappa shape index (κ1) is 29.6. The lowest BCUT2D eigenvalue weighted by molar-refractivity contribution is -0.118. The number of anilines is 1. The van der Waals surface area contributed by atoms with Gasteiger partial charge in [0.1, 0.15) is 18.2 Å². The molecular formula is C29H36N4O5S. The van der Waals surface area contributed by atoms with Crippen LogP contribution in [-0.4, -0.2) is 41.3 Å². The topological polar surface area (TPSA) is 119 Å². The lowest BCUT2D eigenvalue weighted by atomic mass is 10.1. The molecule has 0 aliphatic carbocycles. The molecule has 0 spiro atoms. The molecule has 1 heterocycles. The number of ether oxygens (including phenoxy) is 2. The molecule has 3 N–H and O–H groups in total. The number of aromatic nitrogens is 1. The van der Waals surface area contributed by atoms with Gasteiger partial charge < -0.3 is 25.4 Å². The Labute approximate surface area is 233 Å². The Hall–Kier alpha value is -3.92. The van der Waals surface area contributed by atoms with Gasteiger partial charge in [-0.05, 0) is 39.2 Å². The SMILES string of the molecule is CC(C)(C)OC(=O)NCCCCC[C@H](NC(=O)OCc1ccccc1)C(=O)Nc1nc(-c2ccccc2)cs1. The number of thiazole rings is 1. The maximum Gasteiger partial charge on any atom is 0.408 e. The van der Waals surface area contributed by atoms with Gasteiger partial charge in [-0.3, -0.25) is 4.79 Å². The maximum absolute atomic E-state index is 13.1. The summed E-state index contributed by atoms with van der Waals surface area (Å²) in [5.74, 6) is -0.368. The van der Waals surface area contributed by atoms with E-state index in [9.17, 15) is 14.4 Å². The molecule has 39 heavy (non-hydrogen) atoms. The van der Waals surface area contributed by atoms with Gasteiger partial charge in [-0.2, -0.15) is 0 Å². The zero-order valence-electron chi connectivity index (χ0n) is 22.6. The highest BCUT2D eigenvalue weighted by molar-refractivity contribution is 7.14. The molecule has 0 bridgehead atoms. The number of unbranched alkanes of at least 4 members (excludes halogenated alkanes) is 2. The lowest BCUT2D eigenvalue weighted by Gasteiger charge is -2.19. The average molecular weight is 553 g/mol. The summed E-state index contributed by atoms with van der Waals surface area (Å²) in [5, 5.41) is 10.6. The van der Waals surface area contributed by atoms with Crippen molar-refractivity contribution in [2.45, 2.75) is 64.7 Å². The Balaban J connectivity index is 1.52. The monoisotopic (exact) mass is 552 g/mol. The number of nitrogens with one attached hydrogen (secondary N) is 3. The van der Waals surface area contributed by atoms with Gasteiger partial charge in [-0.25, -0.2) is 14.6 Å². The highest BCUT2D eigenvalue weighted by Gasteiger charge is 2.23. The molecule has 3 rings (SSSR count). The van der Waals surface area contributed by atoms with Gasteiger partial charge in [0.05, 0.1) is 5.69 Å². The molecule has 0 saturated carbocycles. The lowest BCUT2D eigenvalue weighted by Crippen LogP contribution is -2.44. The fourth-order valence-corrected chi connectivity index (χ4v) is 4.32. The Morgan fingerprint density at radius 1 is 0.923 bits per heavy atom. The van der Waals surface area contributed by atoms with Crippen molar-refractivity contribution in [3.05, 3.63) is 71.6 Å². The molecule has 1 aromatic heterocycles. The summed E-state index contributed by atoms with van der Waals surface area (Å²) in [5.41, 5.74) is 2.01. The molecule has 3 aromatic rings. The van der Waals surface area contributed by atoms with Crippen LogP contribution in [0.4, 0.5) is 14.7 Å². The number of rotatable bonds is 12. The van der Waals surface area contributed by atoms with Crippen molar-refractivity contribution < 1.29 is 23.9 Å². The molecule has 0 radical (unpaired) electrons. The highest BCUT2D eigenvalue weighted by Crippen LogP contribution is 2.25. The van der Waals surface area contributed by atoms with E-state index in [1.165, 1.54) is 11.3 Å². The van der Waals surface area contributed by atoms with Crippen LogP contribution in [0.15, 0.2) is 66.0 Å². The average Bonchev–Trinajstić information content (AvgIpc) is 3.37. The van der Waals surface area contributed by atoms with Gasteiger partial charge in [0, 0.05) is 17.5 Å². The standard InChI is InChI=1S/C29H36N4O5S/c1-29(2,3)38-27(35)30-18-12-6-11-17-23(32-28(36)37-19-21-13-7-4-8-14-21)25(34)33-26-31-24(20-39-26)22-15-9-5-10-16-22/h4-5,7-10,13-16,20,23H,6,11-12,17-19H2,1-3H3,(H,30,35)(H,32,36)(H,31,33,34)/t23-/m0/s1. The first-order valence-electron chi connectivity index (χ1n) is 13.0. The number of benzene rings is 2. The Morgan fingerprint density at radius 2 is 1.62 bits per heavy atom. The second kappa shape index (κ2) is 14.9. The molecule has 0 aliphatic heterocycles. The highest BCUT2D eigenvalue weighted by atomic mass is 32.1. The van der Waals surface area contributed by atoms with E-state index in [0.29, 0.717) is 30.9 Å². The minimum Gasteiger partial charge on any atom is -0.445 e. The van der Waals surface area contributed by atoms with Crippen LogP contribution in [0.2, 0.25) is 0 Å². The van der Waals surface area contributed by atoms with E-state index in [1.54, 1.807) is 0 Å². The summed E-state index contributed by atoms with van der Waals surface area (Å²) in [7, 11) is 0. The number of carbonyl (C=O) groups excluding carboxylic acids is 3. The maximum atomic E-state index is 13.1. The number of alkyl carbamates (subject to hydrolysis) is 2. The molecule has 0 fully saturated rings. The molecule has 10 heteroatoms. The van der Waals surface area contributed by atoms with Crippen molar-refractivity contribution in [1.29, 1.82) is 0 Å². The van der Waals surface area contributed by atoms with Crippen molar-refractivity contribution in [1.82, 2.24) is 15.6 Å². The van der Waals surface area contributed by atoms with Crippen LogP contribution in [0.25, 0.3) is 11.3 Å². The predicted octanol–water partition coefficient (Wildman–Crippen LogP) is 6.13. The van der Waals surface area contributed by atoms with Crippen LogP contribution in [-0.2, 0) is 20.9 Å². The number of amides is 3. The first-order chi connectivity index (χ1) is 18.7. The molecule has 9 nitrogen and oxygen atoms in total. The molecule has 208 valence electrons. The van der Waals surface area contributed by atoms with Crippen LogP contribution in [0, 0.1) is 0 Å². The summed E-state index contributed by atoms with van der Waals surface area (Å²) >= 11 is 1.32. The van der Waals surface area contributed by atoms with E-state index in [-0.39, 0.29) is 12.5 Å². The Kier molecular flexibility index (Phi) is 11.3. The van der Waals surface area contributed by atoms with Gasteiger partial charge in [-0.15, -0.1) is 11.3 Å². The normalized spacial score (nSPS) is 11.8. The van der Waals surface area contributed by atoms with Gasteiger partial charge in [0.15, 0.2) is 5.13 Å². The molecule has 0 unspecified atom stereocenters. The van der Waals surface area contributed by atoms with Crippen molar-refractivity contribution in [2.24, 2.45) is 0 Å². The quantitative estimate of drug-likeness (QED) is 0.233. The van der Waals surface area contributed by atoms with Crippen molar-refractivity contribution in [3.63, 3.8) is 0 Å². The summed E-state index contributed by atoms with van der Waals surface area (Å²) in [6.45, 7) is 5.99. The smallest absolute Gasteiger partial charge is 0.408 e. The van der Waals surface area contributed by atoms with Crippen LogP contribution < -0.4 is 16.0 Å². The van der Waals surface area contributed by atoms with E-state index in [2.05, 4.69) is 20.9 Å². The van der Waals surface area contributed by atoms with E-state index >= 15 is 0 Å². The predicted molar refractivity (Wildman–Crippen MR) is 152 cm³/mol. The molecule has 2 aromatic carbocycles. The van der Waals surface area contributed by atoms with Crippen LogP contribution in [0.5, 0.6) is 0 Å². The van der Waals surface area contributed by atoms with Crippen LogP contribution in [0.1, 0.15) is 52.0 Å². The zero-order valence-corrected chi connectivity index (χ0v) is 23.4. The summed E-state index contributed by atoms with van der Waals surface area (Å²) in [6.07, 6.45) is 1.38. The van der Waals surface area contributed by atoms with Crippen molar-refractivity contribution >= 4 is 34.6 Å². The summed E-state index contributed by atoms with van der Waals surface area (Å²) in [4.78, 5) is 41.9. The van der Waals surface area contributed by atoms with Crippen LogP contribution >= 0.6 is 11.3 Å². The van der Waals surface area contributed by atoms with Crippen LogP contribution in [0.3, 0.4) is 0 Å². The third-order valence-corrected chi connectivity index (χ3v) is 6.22. The van der Waals surface area contributed by atoms with Gasteiger partial charge >= 0.3 is 12.2 Å². The molecular weight excluding hydrogens is 516 g/mol. The zero-order chi connectivity index (χ0) is 28.1. The number of hydrogen-bond donors (Lipinski definition) is 3. The Bertz CT molecular complexity index is 1200. The van der Waals surface area contributed by atoms with Gasteiger partial charge in [-0.1, -0.05) is 73.5 Å². The minimum absolute atomic E-state index is 0.101. The van der Waals surface area contributed by atoms with E-state index in [1.807, 2.05) is 86.8 Å². The number of nitrogens with zero attached hydrogens (tertiary/aromatic N) is 1. The molecule has 0 saturated heterocycles. The molecule has 0 aliphatic rings. The first-order valence-corrected chi connectivity index (χ1v) is 13.8. The van der Waals surface area contributed by atoms with Gasteiger partial charge in [0.25, 0.3) is 0 Å². The number of carbonyl (C=O) groups is 3. The van der Waals surface area contributed by atoms with Crippen molar-refractivity contribution in [3.8, 4) is 11.3 Å². The van der Waals surface area contributed by atoms with E-state index < -0.39 is 23.8 Å². The van der Waals surface area contributed by atoms with Crippen molar-refractivity contribution in [2.75, 3.05) is 11.9 Å².